The van der Waals surface area contributed by atoms with Crippen LogP contribution in [0.5, 0.6) is 0 Å². The van der Waals surface area contributed by atoms with Crippen molar-refractivity contribution in [1.29, 1.82) is 0 Å². The summed E-state index contributed by atoms with van der Waals surface area (Å²) < 4.78 is 11.7. The van der Waals surface area contributed by atoms with E-state index in [-0.39, 0.29) is 16.8 Å². The molecule has 0 spiro atoms. The molecule has 1 heterocycles. The second kappa shape index (κ2) is 3.34. The zero-order chi connectivity index (χ0) is 9.14. The Balaban J connectivity index is 3.16. The van der Waals surface area contributed by atoms with Crippen LogP contribution in [0.1, 0.15) is 11.9 Å². The van der Waals surface area contributed by atoms with E-state index >= 15 is 0 Å². The molecule has 3 nitrogen and oxygen atoms in total. The van der Waals surface area contributed by atoms with Gasteiger partial charge in [0.1, 0.15) is 5.69 Å². The Kier molecular flexibility index (Phi) is 2.01. The van der Waals surface area contributed by atoms with Crippen molar-refractivity contribution in [3.63, 3.8) is 0 Å². The fraction of sp³-hybridized carbons (Fsp3) is 0.143. The summed E-state index contributed by atoms with van der Waals surface area (Å²) in [5, 5.41) is 0.186. The summed E-state index contributed by atoms with van der Waals surface area (Å²) in [6.45, 7) is 0. The molecule has 0 aliphatic heterocycles. The normalized spacial score (nSPS) is 10.5. The number of carbonyl (C=O) groups is 1. The molecule has 0 aliphatic carbocycles. The summed E-state index contributed by atoms with van der Waals surface area (Å²) in [5.41, 5.74) is -0.0648. The molecule has 4 heteroatoms. The van der Waals surface area contributed by atoms with Gasteiger partial charge in [-0.2, -0.15) is 0 Å². The van der Waals surface area contributed by atoms with Crippen LogP contribution >= 0.6 is 11.6 Å². The van der Waals surface area contributed by atoms with Crippen LogP contribution in [0.15, 0.2) is 18.3 Å². The van der Waals surface area contributed by atoms with Gasteiger partial charge in [-0.05, 0) is 12.1 Å². The maximum atomic E-state index is 10.9. The number of hydrogen-bond donors (Lipinski definition) is 0. The minimum absolute atomic E-state index is 0.0648. The third kappa shape index (κ3) is 1.91. The van der Waals surface area contributed by atoms with Crippen molar-refractivity contribution < 1.29 is 10.9 Å². The molecule has 0 fully saturated rings. The third-order valence-electron chi connectivity index (χ3n) is 1.04. The average molecular weight is 173 g/mol. The van der Waals surface area contributed by atoms with E-state index in [9.17, 15) is 4.79 Å². The van der Waals surface area contributed by atoms with Crippen LogP contribution in [-0.4, -0.2) is 18.1 Å². The molecule has 0 bridgehead atoms. The van der Waals surface area contributed by atoms with Crippen molar-refractivity contribution in [2.75, 3.05) is 7.11 Å². The molecule has 1 aromatic rings. The molecule has 11 heavy (non-hydrogen) atoms. The Morgan fingerprint density at radius 2 is 2.64 bits per heavy atom. The molecular weight excluding hydrogens is 166 g/mol. The smallest absolute Gasteiger partial charge is 0.356 e. The van der Waals surface area contributed by atoms with Crippen molar-refractivity contribution in [3.8, 4) is 0 Å². The highest BCUT2D eigenvalue weighted by atomic mass is 35.5. The maximum Gasteiger partial charge on any atom is 0.356 e. The van der Waals surface area contributed by atoms with Gasteiger partial charge in [0.2, 0.25) is 0 Å². The molecule has 1 aromatic heterocycles. The number of ether oxygens (including phenoxy) is 1. The van der Waals surface area contributed by atoms with Gasteiger partial charge < -0.3 is 4.74 Å². The summed E-state index contributed by atoms with van der Waals surface area (Å²) in [5.74, 6) is -0.650. The third-order valence-corrected chi connectivity index (χ3v) is 1.26. The summed E-state index contributed by atoms with van der Waals surface area (Å²) in [6.07, 6.45) is 1.35. The highest BCUT2D eigenvalue weighted by Crippen LogP contribution is 2.08. The van der Waals surface area contributed by atoms with E-state index in [1.165, 1.54) is 19.4 Å². The van der Waals surface area contributed by atoms with E-state index in [1.807, 2.05) is 0 Å². The van der Waals surface area contributed by atoms with Crippen LogP contribution in [-0.2, 0) is 4.74 Å². The lowest BCUT2D eigenvalue weighted by Crippen LogP contribution is -2.03. The zero-order valence-electron chi connectivity index (χ0n) is 6.80. The number of pyridine rings is 1. The van der Waals surface area contributed by atoms with Gasteiger partial charge >= 0.3 is 5.97 Å². The molecular formula is C7H6ClNO2. The first-order chi connectivity index (χ1) is 5.66. The predicted octanol–water partition coefficient (Wildman–Crippen LogP) is 1.52. The summed E-state index contributed by atoms with van der Waals surface area (Å²) in [7, 11) is 1.23. The van der Waals surface area contributed by atoms with Gasteiger partial charge in [-0.25, -0.2) is 9.78 Å². The molecule has 0 saturated heterocycles. The van der Waals surface area contributed by atoms with Gasteiger partial charge in [0.25, 0.3) is 0 Å². The molecule has 0 radical (unpaired) electrons. The maximum absolute atomic E-state index is 10.9. The Labute approximate surface area is 70.4 Å². The molecule has 1 rings (SSSR count). The summed E-state index contributed by atoms with van der Waals surface area (Å²) in [4.78, 5) is 14.6. The lowest BCUT2D eigenvalue weighted by Gasteiger charge is -1.96. The Morgan fingerprint density at radius 3 is 3.27 bits per heavy atom. The average Bonchev–Trinajstić information content (AvgIpc) is 2.08. The number of methoxy groups -OCH3 is 1. The Bertz CT molecular complexity index is 316. The number of aromatic nitrogens is 1. The van der Waals surface area contributed by atoms with Crippen molar-refractivity contribution in [2.45, 2.75) is 0 Å². The van der Waals surface area contributed by atoms with Gasteiger partial charge in [-0.3, -0.25) is 0 Å². The van der Waals surface area contributed by atoms with E-state index in [1.54, 1.807) is 0 Å². The zero-order valence-corrected chi connectivity index (χ0v) is 6.55. The fourth-order valence-corrected chi connectivity index (χ4v) is 0.711. The van der Waals surface area contributed by atoms with Crippen LogP contribution in [0, 0.1) is 0 Å². The fourth-order valence-electron chi connectivity index (χ4n) is 0.565. The van der Waals surface area contributed by atoms with E-state index in [0.717, 1.165) is 0 Å². The van der Waals surface area contributed by atoms with Gasteiger partial charge in [-0.1, -0.05) is 11.6 Å². The lowest BCUT2D eigenvalue weighted by molar-refractivity contribution is 0.0594. The minimum Gasteiger partial charge on any atom is -0.464 e. The van der Waals surface area contributed by atoms with Crippen molar-refractivity contribution >= 4 is 17.6 Å². The van der Waals surface area contributed by atoms with Crippen molar-refractivity contribution in [3.05, 3.63) is 29.0 Å². The molecule has 0 aliphatic rings. The van der Waals surface area contributed by atoms with Gasteiger partial charge in [0.15, 0.2) is 0 Å². The highest BCUT2D eigenvalue weighted by Gasteiger charge is 2.05. The van der Waals surface area contributed by atoms with Crippen LogP contribution < -0.4 is 0 Å². The monoisotopic (exact) mass is 172 g/mol. The number of rotatable bonds is 1. The van der Waals surface area contributed by atoms with Gasteiger partial charge in [-0.15, -0.1) is 0 Å². The number of esters is 1. The first-order valence-corrected chi connectivity index (χ1v) is 3.24. The predicted molar refractivity (Wildman–Crippen MR) is 40.6 cm³/mol. The largest absolute Gasteiger partial charge is 0.464 e. The van der Waals surface area contributed by atoms with E-state index in [2.05, 4.69) is 9.72 Å². The van der Waals surface area contributed by atoms with E-state index < -0.39 is 5.97 Å². The summed E-state index contributed by atoms with van der Waals surface area (Å²) in [6, 6.07) is 1.34. The SMILES string of the molecule is [2H]c1c(Cl)ccnc1C(=O)OC. The number of hydrogen-bond acceptors (Lipinski definition) is 3. The van der Waals surface area contributed by atoms with E-state index in [0.29, 0.717) is 0 Å². The Morgan fingerprint density at radius 1 is 1.91 bits per heavy atom. The number of halogens is 1. The number of nitrogens with zero attached hydrogens (tertiary/aromatic N) is 1. The van der Waals surface area contributed by atoms with Gasteiger partial charge in [0.05, 0.1) is 8.48 Å². The quantitative estimate of drug-likeness (QED) is 0.603. The molecule has 0 saturated carbocycles. The van der Waals surface area contributed by atoms with Crippen molar-refractivity contribution in [1.82, 2.24) is 4.98 Å². The molecule has 58 valence electrons. The first-order valence-electron chi connectivity index (χ1n) is 3.36. The van der Waals surface area contributed by atoms with Crippen LogP contribution in [0.25, 0.3) is 0 Å². The molecule has 0 aromatic carbocycles. The van der Waals surface area contributed by atoms with Crippen LogP contribution in [0.3, 0.4) is 0 Å². The second-order valence-electron chi connectivity index (χ2n) is 1.76. The van der Waals surface area contributed by atoms with Crippen molar-refractivity contribution in [2.24, 2.45) is 0 Å². The molecule has 0 atom stereocenters. The standard InChI is InChI=1S/C7H6ClNO2/c1-11-7(10)6-4-5(8)2-3-9-6/h2-4H,1H3/i4D. The van der Waals surface area contributed by atoms with Crippen LogP contribution in [0.2, 0.25) is 5.02 Å². The summed E-state index contributed by atoms with van der Waals surface area (Å²) >= 11 is 5.58. The lowest BCUT2D eigenvalue weighted by atomic mass is 10.3. The van der Waals surface area contributed by atoms with E-state index in [4.69, 9.17) is 13.0 Å². The van der Waals surface area contributed by atoms with Crippen LogP contribution in [0.4, 0.5) is 0 Å². The number of carbonyl (C=O) groups excluding carboxylic acids is 1. The topological polar surface area (TPSA) is 39.2 Å². The second-order valence-corrected chi connectivity index (χ2v) is 2.17. The minimum atomic E-state index is -0.650. The first kappa shape index (κ1) is 6.61. The molecule has 0 amide bonds. The Hall–Kier alpha value is -1.09. The highest BCUT2D eigenvalue weighted by molar-refractivity contribution is 6.30. The molecule has 0 N–H and O–H groups in total. The van der Waals surface area contributed by atoms with Gasteiger partial charge in [0, 0.05) is 11.2 Å². The molecule has 0 unspecified atom stereocenters.